The van der Waals surface area contributed by atoms with Gasteiger partial charge in [0.2, 0.25) is 0 Å². The van der Waals surface area contributed by atoms with Crippen LogP contribution in [0.1, 0.15) is 562 Å². The van der Waals surface area contributed by atoms with Crippen LogP contribution in [0.4, 0.5) is 4.79 Å². The Balaban J connectivity index is 8.01. The molecule has 0 radical (unpaired) electrons. The van der Waals surface area contributed by atoms with Crippen molar-refractivity contribution < 1.29 is 102 Å². The highest BCUT2D eigenvalue weighted by atomic mass is 16.7. The number of carboxylic acids is 5. The lowest BCUT2D eigenvalue weighted by molar-refractivity contribution is -0.172. The first-order chi connectivity index (χ1) is 68.1. The SMILES string of the molecule is CCCCCCCCCCCCCCC(CCCCCCCCCCCCCC)C(=O)OCC(COC(=O)OCCCCOC(=O)CC(C(=O)O)N(CCN(CC(=O)O)CC(=O)O)CCN(CC(=O)O)CC(=O)O)(COC(=O)C(CCCCCCCCCCCCCC)CCCCCCCCCCCCCC)COC(=O)C(CCCCCCCCCCCCCC)CCCCCCCCCCCCCC. The summed E-state index contributed by atoms with van der Waals surface area (Å²) in [7, 11) is 0. The Morgan fingerprint density at radius 1 is 0.221 bits per heavy atom. The molecule has 0 aromatic heterocycles. The van der Waals surface area contributed by atoms with Crippen LogP contribution >= 0.6 is 0 Å². The molecule has 0 aliphatic rings. The topological polar surface area (TPSA) is 337 Å². The molecule has 0 aliphatic heterocycles. The molecule has 1 unspecified atom stereocenters. The molecule has 24 heteroatoms. The van der Waals surface area contributed by atoms with Crippen molar-refractivity contribution in [3.63, 3.8) is 0 Å². The Labute approximate surface area is 854 Å². The molecule has 0 amide bonds. The minimum atomic E-state index is -1.67. The van der Waals surface area contributed by atoms with Crippen LogP contribution in [0.15, 0.2) is 0 Å². The minimum Gasteiger partial charge on any atom is -0.480 e. The van der Waals surface area contributed by atoms with Gasteiger partial charge in [0.1, 0.15) is 37.9 Å². The lowest BCUT2D eigenvalue weighted by Crippen LogP contribution is -2.50. The number of esters is 4. The van der Waals surface area contributed by atoms with Gasteiger partial charge in [0.05, 0.1) is 63.6 Å². The molecule has 0 fully saturated rings. The third-order valence-corrected chi connectivity index (χ3v) is 28.4. The first-order valence-electron chi connectivity index (χ1n) is 58.8. The zero-order valence-electron chi connectivity index (χ0n) is 91.1. The van der Waals surface area contributed by atoms with Gasteiger partial charge in [-0.1, -0.05) is 504 Å². The summed E-state index contributed by atoms with van der Waals surface area (Å²) in [6.07, 6.45) is 87.7. The third kappa shape index (κ3) is 87.7. The summed E-state index contributed by atoms with van der Waals surface area (Å²) in [5.74, 6) is -10.3. The fourth-order valence-corrected chi connectivity index (χ4v) is 19.4. The van der Waals surface area contributed by atoms with E-state index in [4.69, 9.17) is 28.4 Å². The average Bonchev–Trinajstić information content (AvgIpc) is 0.840. The van der Waals surface area contributed by atoms with Gasteiger partial charge < -0.3 is 54.0 Å². The minimum absolute atomic E-state index is 0.115. The van der Waals surface area contributed by atoms with Crippen LogP contribution in [0.5, 0.6) is 0 Å². The predicted octanol–water partition coefficient (Wildman–Crippen LogP) is 30.6. The number of carbonyl (C=O) groups is 10. The van der Waals surface area contributed by atoms with Crippen molar-refractivity contribution in [2.75, 3.05) is 92.0 Å². The molecule has 0 aliphatic carbocycles. The summed E-state index contributed by atoms with van der Waals surface area (Å²) in [4.78, 5) is 137. The highest BCUT2D eigenvalue weighted by Gasteiger charge is 2.41. The molecule has 140 heavy (non-hydrogen) atoms. The highest BCUT2D eigenvalue weighted by Crippen LogP contribution is 2.32. The second-order valence-corrected chi connectivity index (χ2v) is 41.9. The number of aliphatic carboxylic acids is 5. The molecule has 0 spiro atoms. The van der Waals surface area contributed by atoms with E-state index in [2.05, 4.69) is 41.5 Å². The van der Waals surface area contributed by atoms with E-state index in [0.29, 0.717) is 38.5 Å². The zero-order chi connectivity index (χ0) is 103. The van der Waals surface area contributed by atoms with Crippen LogP contribution in [0.3, 0.4) is 0 Å². The molecular formula is C116H217N3O21. The highest BCUT2D eigenvalue weighted by molar-refractivity contribution is 5.81. The number of carbonyl (C=O) groups excluding carboxylic acids is 5. The number of carboxylic acid groups (broad SMARTS) is 5. The maximum absolute atomic E-state index is 15.4. The fourth-order valence-electron chi connectivity index (χ4n) is 19.4. The summed E-state index contributed by atoms with van der Waals surface area (Å²) >= 11 is 0. The standard InChI is InChI=1S/C116H217N3O21/c1-7-13-19-25-31-37-43-49-55-61-67-73-81-102(82-74-68-62-56-50-44-38-32-26-20-14-8-2)112(131)137-98-116(99-138-113(132)103(83-75-69-63-57-51-45-39-33-27-21-15-9-3)84-76-70-64-58-52-46-40-34-28-22-16-10-4,100-139-114(133)104(85-77-71-65-59-53-47-41-35-29-23-17-11-5)86-78-72-66-60-54-48-42-36-30-24-18-12-6)101-140-115(134)136-92-80-79-91-135-110(128)93-105(111(129)130)119(89-87-117(94-106(120)121)95-107(122)123)90-88-118(96-108(124)125)97-109(126)127/h102-105H,7-101H2,1-6H3,(H,120,121)(H,122,123)(H,124,125)(H,126,127)(H,129,130). The molecule has 0 aromatic rings. The van der Waals surface area contributed by atoms with Crippen molar-refractivity contribution in [3.8, 4) is 0 Å². The molecular weight excluding hydrogens is 1770 g/mol. The van der Waals surface area contributed by atoms with Crippen molar-refractivity contribution in [1.29, 1.82) is 0 Å². The number of hydrogen-bond acceptors (Lipinski definition) is 19. The Morgan fingerprint density at radius 2 is 0.407 bits per heavy atom. The molecule has 0 rings (SSSR count). The zero-order valence-corrected chi connectivity index (χ0v) is 91.1. The Kier molecular flexibility index (Phi) is 96.6. The van der Waals surface area contributed by atoms with Gasteiger partial charge in [0, 0.05) is 26.2 Å². The Morgan fingerprint density at radius 3 is 0.600 bits per heavy atom. The fraction of sp³-hybridized carbons (Fsp3) is 0.914. The van der Waals surface area contributed by atoms with Gasteiger partial charge in [-0.2, -0.15) is 0 Å². The molecule has 0 heterocycles. The quantitative estimate of drug-likeness (QED) is 0.0214. The maximum atomic E-state index is 15.4. The van der Waals surface area contributed by atoms with Gasteiger partial charge in [-0.3, -0.25) is 57.9 Å². The molecule has 822 valence electrons. The number of ether oxygens (including phenoxy) is 6. The van der Waals surface area contributed by atoms with Crippen LogP contribution in [0.2, 0.25) is 0 Å². The summed E-state index contributed by atoms with van der Waals surface area (Å²) in [5.41, 5.74) is -1.59. The van der Waals surface area contributed by atoms with E-state index in [1.165, 1.54) is 313 Å². The average molecular weight is 1990 g/mol. The largest absolute Gasteiger partial charge is 0.508 e. The Hall–Kier alpha value is -5.62. The van der Waals surface area contributed by atoms with Gasteiger partial charge in [-0.15, -0.1) is 0 Å². The van der Waals surface area contributed by atoms with E-state index in [1.807, 2.05) is 0 Å². The Bertz CT molecular complexity index is 2560. The smallest absolute Gasteiger partial charge is 0.480 e. The van der Waals surface area contributed by atoms with E-state index >= 15 is 14.4 Å². The molecule has 0 saturated carbocycles. The first-order valence-corrected chi connectivity index (χ1v) is 58.8. The van der Waals surface area contributed by atoms with Gasteiger partial charge in [-0.05, 0) is 51.4 Å². The van der Waals surface area contributed by atoms with Gasteiger partial charge in [0.15, 0.2) is 0 Å². The number of nitrogens with zero attached hydrogens (tertiary/aromatic N) is 3. The normalized spacial score (nSPS) is 12.0. The second-order valence-electron chi connectivity index (χ2n) is 41.9. The van der Waals surface area contributed by atoms with Crippen LogP contribution in [-0.4, -0.2) is 198 Å². The van der Waals surface area contributed by atoms with Crippen molar-refractivity contribution in [2.45, 2.75) is 568 Å². The number of hydrogen-bond donors (Lipinski definition) is 5. The van der Waals surface area contributed by atoms with Crippen molar-refractivity contribution in [1.82, 2.24) is 14.7 Å². The summed E-state index contributed by atoms with van der Waals surface area (Å²) in [5, 5.41) is 48.7. The van der Waals surface area contributed by atoms with Crippen LogP contribution < -0.4 is 0 Å². The van der Waals surface area contributed by atoms with Gasteiger partial charge >= 0.3 is 59.9 Å². The van der Waals surface area contributed by atoms with E-state index in [1.54, 1.807) is 0 Å². The predicted molar refractivity (Wildman–Crippen MR) is 568 cm³/mol. The molecule has 0 bridgehead atoms. The second kappa shape index (κ2) is 101. The first kappa shape index (κ1) is 134. The lowest BCUT2D eigenvalue weighted by atomic mass is 9.90. The monoisotopic (exact) mass is 1990 g/mol. The van der Waals surface area contributed by atoms with E-state index in [0.717, 1.165) is 164 Å². The summed E-state index contributed by atoms with van der Waals surface area (Å²) in [6, 6.07) is -1.67. The van der Waals surface area contributed by atoms with Crippen molar-refractivity contribution in [3.05, 3.63) is 0 Å². The van der Waals surface area contributed by atoms with Gasteiger partial charge in [-0.25, -0.2) is 4.79 Å². The summed E-state index contributed by atoms with van der Waals surface area (Å²) in [6.45, 7) is 7.18. The van der Waals surface area contributed by atoms with E-state index < -0.39 is 110 Å². The lowest BCUT2D eigenvalue weighted by Gasteiger charge is -2.33. The molecule has 0 saturated heterocycles. The number of unbranched alkanes of at least 4 members (excludes halogenated alkanes) is 67. The van der Waals surface area contributed by atoms with Crippen LogP contribution in [0.25, 0.3) is 0 Å². The van der Waals surface area contributed by atoms with Gasteiger partial charge in [0.25, 0.3) is 0 Å². The molecule has 0 aromatic carbocycles. The molecule has 24 nitrogen and oxygen atoms in total. The third-order valence-electron chi connectivity index (χ3n) is 28.4. The molecule has 1 atom stereocenters. The van der Waals surface area contributed by atoms with E-state index in [9.17, 15) is 59.1 Å². The maximum Gasteiger partial charge on any atom is 0.508 e. The number of rotatable bonds is 112. The van der Waals surface area contributed by atoms with Crippen molar-refractivity contribution in [2.24, 2.45) is 23.2 Å². The van der Waals surface area contributed by atoms with Crippen LogP contribution in [0, 0.1) is 23.2 Å². The van der Waals surface area contributed by atoms with Crippen molar-refractivity contribution >= 4 is 59.9 Å². The van der Waals surface area contributed by atoms with Crippen LogP contribution in [-0.2, 0) is 71.6 Å². The van der Waals surface area contributed by atoms with E-state index in [-0.39, 0.29) is 90.0 Å². The molecule has 5 N–H and O–H groups in total. The summed E-state index contributed by atoms with van der Waals surface area (Å²) < 4.78 is 37.4.